The highest BCUT2D eigenvalue weighted by Crippen LogP contribution is 2.19. The first kappa shape index (κ1) is 13.4. The predicted octanol–water partition coefficient (Wildman–Crippen LogP) is 3.53. The summed E-state index contributed by atoms with van der Waals surface area (Å²) >= 11 is 0. The monoisotopic (exact) mass is 246 g/mol. The molecule has 0 atom stereocenters. The molecular formula is C16H26N2. The van der Waals surface area contributed by atoms with Crippen LogP contribution in [0.25, 0.3) is 0 Å². The van der Waals surface area contributed by atoms with Gasteiger partial charge in [-0.1, -0.05) is 25.5 Å². The van der Waals surface area contributed by atoms with Crippen molar-refractivity contribution in [2.24, 2.45) is 5.92 Å². The zero-order chi connectivity index (χ0) is 12.8. The number of likely N-dealkylation sites (tertiary alicyclic amines) is 1. The molecule has 2 heteroatoms. The van der Waals surface area contributed by atoms with E-state index in [4.69, 9.17) is 0 Å². The summed E-state index contributed by atoms with van der Waals surface area (Å²) in [6, 6.07) is 8.62. The predicted molar refractivity (Wildman–Crippen MR) is 79.1 cm³/mol. The van der Waals surface area contributed by atoms with Crippen LogP contribution in [0.1, 0.15) is 31.7 Å². The molecule has 2 rings (SSSR count). The molecule has 100 valence electrons. The summed E-state index contributed by atoms with van der Waals surface area (Å²) in [6.45, 7) is 9.26. The third kappa shape index (κ3) is 4.02. The van der Waals surface area contributed by atoms with E-state index >= 15 is 0 Å². The molecule has 1 aliphatic heterocycles. The number of piperidine rings is 1. The van der Waals surface area contributed by atoms with Crippen molar-refractivity contribution >= 4 is 5.69 Å². The standard InChI is InChI=1S/C16H26N2/c1-3-15-7-10-18(11-8-15)12-9-17-16-6-4-5-14(2)13-16/h4-6,13,15,17H,3,7-12H2,1-2H3. The largest absolute Gasteiger partial charge is 0.384 e. The van der Waals surface area contributed by atoms with Crippen LogP contribution in [0.2, 0.25) is 0 Å². The second kappa shape index (κ2) is 6.79. The van der Waals surface area contributed by atoms with Gasteiger partial charge in [0, 0.05) is 18.8 Å². The van der Waals surface area contributed by atoms with Crippen LogP contribution in [0, 0.1) is 12.8 Å². The third-order valence-corrected chi connectivity index (χ3v) is 4.06. The number of rotatable bonds is 5. The topological polar surface area (TPSA) is 15.3 Å². The normalized spacial score (nSPS) is 17.9. The minimum atomic E-state index is 0.978. The first-order chi connectivity index (χ1) is 8.78. The van der Waals surface area contributed by atoms with Crippen LogP contribution in [-0.4, -0.2) is 31.1 Å². The lowest BCUT2D eigenvalue weighted by atomic mass is 9.94. The van der Waals surface area contributed by atoms with Crippen LogP contribution < -0.4 is 5.32 Å². The van der Waals surface area contributed by atoms with Gasteiger partial charge in [-0.3, -0.25) is 0 Å². The van der Waals surface area contributed by atoms with Crippen molar-refractivity contribution in [3.63, 3.8) is 0 Å². The summed E-state index contributed by atoms with van der Waals surface area (Å²) in [5.74, 6) is 0.978. The molecule has 0 bridgehead atoms. The van der Waals surface area contributed by atoms with E-state index in [9.17, 15) is 0 Å². The molecule has 0 radical (unpaired) electrons. The maximum absolute atomic E-state index is 3.52. The molecule has 0 aliphatic carbocycles. The van der Waals surface area contributed by atoms with Gasteiger partial charge in [0.2, 0.25) is 0 Å². The first-order valence-corrected chi connectivity index (χ1v) is 7.31. The van der Waals surface area contributed by atoms with Crippen LogP contribution in [0.15, 0.2) is 24.3 Å². The molecule has 0 saturated carbocycles. The summed E-state index contributed by atoms with van der Waals surface area (Å²) in [4.78, 5) is 2.59. The van der Waals surface area contributed by atoms with Crippen molar-refractivity contribution in [3.8, 4) is 0 Å². The van der Waals surface area contributed by atoms with Gasteiger partial charge in [-0.15, -0.1) is 0 Å². The van der Waals surface area contributed by atoms with Gasteiger partial charge in [-0.25, -0.2) is 0 Å². The molecule has 1 heterocycles. The second-order valence-electron chi connectivity index (χ2n) is 5.49. The van der Waals surface area contributed by atoms with E-state index < -0.39 is 0 Å². The highest BCUT2D eigenvalue weighted by Gasteiger charge is 2.16. The van der Waals surface area contributed by atoms with Gasteiger partial charge in [0.1, 0.15) is 0 Å². The number of hydrogen-bond acceptors (Lipinski definition) is 2. The maximum atomic E-state index is 3.52. The average molecular weight is 246 g/mol. The van der Waals surface area contributed by atoms with Gasteiger partial charge in [-0.2, -0.15) is 0 Å². The number of aryl methyl sites for hydroxylation is 1. The molecule has 1 aromatic rings. The smallest absolute Gasteiger partial charge is 0.0343 e. The maximum Gasteiger partial charge on any atom is 0.0343 e. The van der Waals surface area contributed by atoms with Gasteiger partial charge in [0.05, 0.1) is 0 Å². The van der Waals surface area contributed by atoms with E-state index in [-0.39, 0.29) is 0 Å². The van der Waals surface area contributed by atoms with E-state index in [0.717, 1.165) is 12.5 Å². The lowest BCUT2D eigenvalue weighted by Gasteiger charge is -2.31. The summed E-state index contributed by atoms with van der Waals surface area (Å²) in [7, 11) is 0. The fourth-order valence-electron chi connectivity index (χ4n) is 2.73. The van der Waals surface area contributed by atoms with E-state index in [0.29, 0.717) is 0 Å². The molecule has 2 nitrogen and oxygen atoms in total. The zero-order valence-corrected chi connectivity index (χ0v) is 11.8. The van der Waals surface area contributed by atoms with Crippen molar-refractivity contribution in [1.29, 1.82) is 0 Å². The summed E-state index contributed by atoms with van der Waals surface area (Å²) < 4.78 is 0. The van der Waals surface area contributed by atoms with Crippen LogP contribution in [-0.2, 0) is 0 Å². The number of nitrogens with one attached hydrogen (secondary N) is 1. The van der Waals surface area contributed by atoms with Gasteiger partial charge in [0.25, 0.3) is 0 Å². The van der Waals surface area contributed by atoms with Gasteiger partial charge in [-0.05, 0) is 56.5 Å². The lowest BCUT2D eigenvalue weighted by molar-refractivity contribution is 0.188. The van der Waals surface area contributed by atoms with Crippen LogP contribution in [0.3, 0.4) is 0 Å². The number of nitrogens with zero attached hydrogens (tertiary/aromatic N) is 1. The Kier molecular flexibility index (Phi) is 5.06. The minimum Gasteiger partial charge on any atom is -0.384 e. The van der Waals surface area contributed by atoms with E-state index in [2.05, 4.69) is 48.3 Å². The third-order valence-electron chi connectivity index (χ3n) is 4.06. The van der Waals surface area contributed by atoms with E-state index in [1.165, 1.54) is 50.1 Å². The van der Waals surface area contributed by atoms with Crippen LogP contribution in [0.5, 0.6) is 0 Å². The molecule has 0 amide bonds. The van der Waals surface area contributed by atoms with Gasteiger partial charge >= 0.3 is 0 Å². The molecule has 18 heavy (non-hydrogen) atoms. The van der Waals surface area contributed by atoms with Crippen LogP contribution in [0.4, 0.5) is 5.69 Å². The van der Waals surface area contributed by atoms with E-state index in [1.54, 1.807) is 0 Å². The summed E-state index contributed by atoms with van der Waals surface area (Å²) in [6.07, 6.45) is 4.14. The highest BCUT2D eigenvalue weighted by molar-refractivity contribution is 5.45. The lowest BCUT2D eigenvalue weighted by Crippen LogP contribution is -2.36. The highest BCUT2D eigenvalue weighted by atomic mass is 15.1. The van der Waals surface area contributed by atoms with Crippen molar-refractivity contribution in [2.45, 2.75) is 33.1 Å². The number of hydrogen-bond donors (Lipinski definition) is 1. The van der Waals surface area contributed by atoms with Gasteiger partial charge in [0.15, 0.2) is 0 Å². The Balaban J connectivity index is 1.67. The van der Waals surface area contributed by atoms with Crippen molar-refractivity contribution in [3.05, 3.63) is 29.8 Å². The summed E-state index contributed by atoms with van der Waals surface area (Å²) in [5.41, 5.74) is 2.57. The molecule has 1 N–H and O–H groups in total. The Morgan fingerprint density at radius 1 is 1.28 bits per heavy atom. The fraction of sp³-hybridized carbons (Fsp3) is 0.625. The van der Waals surface area contributed by atoms with Crippen LogP contribution >= 0.6 is 0 Å². The molecule has 1 aliphatic rings. The molecule has 0 unspecified atom stereocenters. The van der Waals surface area contributed by atoms with Crippen molar-refractivity contribution in [1.82, 2.24) is 4.90 Å². The van der Waals surface area contributed by atoms with Crippen molar-refractivity contribution in [2.75, 3.05) is 31.5 Å². The molecule has 1 saturated heterocycles. The Hall–Kier alpha value is -1.02. The average Bonchev–Trinajstić information content (AvgIpc) is 2.40. The molecule has 0 spiro atoms. The Morgan fingerprint density at radius 2 is 2.06 bits per heavy atom. The first-order valence-electron chi connectivity index (χ1n) is 7.31. The Morgan fingerprint density at radius 3 is 2.72 bits per heavy atom. The molecule has 1 aromatic carbocycles. The van der Waals surface area contributed by atoms with E-state index in [1.807, 2.05) is 0 Å². The quantitative estimate of drug-likeness (QED) is 0.855. The number of anilines is 1. The van der Waals surface area contributed by atoms with Crippen molar-refractivity contribution < 1.29 is 0 Å². The molecular weight excluding hydrogens is 220 g/mol. The SMILES string of the molecule is CCC1CCN(CCNc2cccc(C)c2)CC1. The van der Waals surface area contributed by atoms with Gasteiger partial charge < -0.3 is 10.2 Å². The fourth-order valence-corrected chi connectivity index (χ4v) is 2.73. The Labute approximate surface area is 111 Å². The second-order valence-corrected chi connectivity index (χ2v) is 5.49. The molecule has 0 aromatic heterocycles. The zero-order valence-electron chi connectivity index (χ0n) is 11.8. The number of benzene rings is 1. The minimum absolute atomic E-state index is 0.978. The Bertz CT molecular complexity index is 354. The molecule has 1 fully saturated rings. The summed E-state index contributed by atoms with van der Waals surface area (Å²) in [5, 5.41) is 3.52.